The van der Waals surface area contributed by atoms with Crippen LogP contribution in [0, 0.1) is 6.92 Å². The summed E-state index contributed by atoms with van der Waals surface area (Å²) in [4.78, 5) is 12.0. The van der Waals surface area contributed by atoms with Gasteiger partial charge in [-0.05, 0) is 38.3 Å². The minimum atomic E-state index is 0.454. The maximum Gasteiger partial charge on any atom is 0.160 e. The Morgan fingerprint density at radius 3 is 2.80 bits per heavy atom. The summed E-state index contributed by atoms with van der Waals surface area (Å²) in [6.07, 6.45) is 3.93. The number of alkyl halides is 1. The standard InChI is InChI=1S/C15H19ClN4/c1-10-2-5-13-15(17-10)20(14(8-16)18-13)12-6-7-19(9-12)11-3-4-11/h2,5,11-12H,3-4,6-9H2,1H3. The molecule has 4 nitrogen and oxygen atoms in total. The van der Waals surface area contributed by atoms with Gasteiger partial charge in [-0.3, -0.25) is 4.90 Å². The van der Waals surface area contributed by atoms with Gasteiger partial charge in [0.25, 0.3) is 0 Å². The molecule has 1 atom stereocenters. The molecule has 1 unspecified atom stereocenters. The van der Waals surface area contributed by atoms with E-state index in [4.69, 9.17) is 16.6 Å². The molecule has 2 aliphatic rings. The molecular weight excluding hydrogens is 272 g/mol. The Balaban J connectivity index is 1.75. The Morgan fingerprint density at radius 1 is 1.20 bits per heavy atom. The second-order valence-corrected chi connectivity index (χ2v) is 6.26. The predicted molar refractivity (Wildman–Crippen MR) is 80.1 cm³/mol. The molecule has 0 aromatic carbocycles. The lowest BCUT2D eigenvalue weighted by atomic mass is 10.2. The van der Waals surface area contributed by atoms with E-state index in [0.717, 1.165) is 35.3 Å². The lowest BCUT2D eigenvalue weighted by Gasteiger charge is -2.17. The van der Waals surface area contributed by atoms with E-state index in [1.165, 1.54) is 25.8 Å². The third-order valence-corrected chi connectivity index (χ3v) is 4.73. The second kappa shape index (κ2) is 4.71. The molecule has 0 bridgehead atoms. The number of imidazole rings is 1. The Kier molecular flexibility index (Phi) is 2.97. The van der Waals surface area contributed by atoms with Crippen molar-refractivity contribution in [3.05, 3.63) is 23.7 Å². The van der Waals surface area contributed by atoms with E-state index < -0.39 is 0 Å². The van der Waals surface area contributed by atoms with Crippen molar-refractivity contribution in [1.82, 2.24) is 19.4 Å². The quantitative estimate of drug-likeness (QED) is 0.815. The summed E-state index contributed by atoms with van der Waals surface area (Å²) in [5, 5.41) is 0. The zero-order chi connectivity index (χ0) is 13.7. The topological polar surface area (TPSA) is 34.0 Å². The van der Waals surface area contributed by atoms with E-state index in [2.05, 4.69) is 20.5 Å². The largest absolute Gasteiger partial charge is 0.307 e. The number of likely N-dealkylation sites (tertiary alicyclic amines) is 1. The first-order valence-electron chi connectivity index (χ1n) is 7.40. The lowest BCUT2D eigenvalue weighted by Crippen LogP contribution is -2.24. The van der Waals surface area contributed by atoms with E-state index in [0.29, 0.717) is 11.9 Å². The van der Waals surface area contributed by atoms with Gasteiger partial charge >= 0.3 is 0 Å². The highest BCUT2D eigenvalue weighted by atomic mass is 35.5. The van der Waals surface area contributed by atoms with Crippen molar-refractivity contribution in [3.63, 3.8) is 0 Å². The Hall–Kier alpha value is -1.13. The van der Waals surface area contributed by atoms with Crippen LogP contribution in [0.5, 0.6) is 0 Å². The molecule has 0 amide bonds. The first kappa shape index (κ1) is 12.6. The number of aryl methyl sites for hydroxylation is 1. The molecule has 1 saturated heterocycles. The zero-order valence-corrected chi connectivity index (χ0v) is 12.5. The van der Waals surface area contributed by atoms with Gasteiger partial charge in [-0.15, -0.1) is 11.6 Å². The molecule has 1 aliphatic heterocycles. The Morgan fingerprint density at radius 2 is 2.05 bits per heavy atom. The average molecular weight is 291 g/mol. The SMILES string of the molecule is Cc1ccc2nc(CCl)n(C3CCN(C4CC4)C3)c2n1. The van der Waals surface area contributed by atoms with Gasteiger partial charge < -0.3 is 4.57 Å². The fourth-order valence-corrected chi connectivity index (χ4v) is 3.53. The first-order valence-corrected chi connectivity index (χ1v) is 7.94. The van der Waals surface area contributed by atoms with Gasteiger partial charge in [0.05, 0.1) is 11.9 Å². The summed E-state index contributed by atoms with van der Waals surface area (Å²) in [6.45, 7) is 4.35. The summed E-state index contributed by atoms with van der Waals surface area (Å²) in [5.74, 6) is 1.41. The van der Waals surface area contributed by atoms with Gasteiger partial charge in [-0.25, -0.2) is 9.97 Å². The van der Waals surface area contributed by atoms with E-state index in [1.807, 2.05) is 13.0 Å². The summed E-state index contributed by atoms with van der Waals surface area (Å²) in [5.41, 5.74) is 3.01. The van der Waals surface area contributed by atoms with Crippen molar-refractivity contribution in [1.29, 1.82) is 0 Å². The van der Waals surface area contributed by atoms with Crippen LogP contribution < -0.4 is 0 Å². The molecule has 2 aromatic heterocycles. The van der Waals surface area contributed by atoms with E-state index in [9.17, 15) is 0 Å². The molecule has 0 radical (unpaired) electrons. The van der Waals surface area contributed by atoms with Gasteiger partial charge in [0.15, 0.2) is 5.65 Å². The van der Waals surface area contributed by atoms with E-state index in [1.54, 1.807) is 0 Å². The van der Waals surface area contributed by atoms with Crippen LogP contribution in [0.3, 0.4) is 0 Å². The highest BCUT2D eigenvalue weighted by Gasteiger charge is 2.36. The van der Waals surface area contributed by atoms with Crippen LogP contribution in [0.2, 0.25) is 0 Å². The van der Waals surface area contributed by atoms with Crippen LogP contribution in [-0.2, 0) is 5.88 Å². The monoisotopic (exact) mass is 290 g/mol. The second-order valence-electron chi connectivity index (χ2n) is 6.00. The number of hydrogen-bond acceptors (Lipinski definition) is 3. The Labute approximate surface area is 123 Å². The van der Waals surface area contributed by atoms with Crippen molar-refractivity contribution in [2.45, 2.75) is 44.1 Å². The molecule has 0 spiro atoms. The molecule has 4 rings (SSSR count). The molecule has 3 heterocycles. The van der Waals surface area contributed by atoms with E-state index in [-0.39, 0.29) is 0 Å². The molecule has 1 aliphatic carbocycles. The van der Waals surface area contributed by atoms with Crippen LogP contribution in [0.15, 0.2) is 12.1 Å². The molecule has 106 valence electrons. The maximum atomic E-state index is 6.11. The average Bonchev–Trinajstić information content (AvgIpc) is 3.07. The summed E-state index contributed by atoms with van der Waals surface area (Å²) in [6, 6.07) is 5.38. The number of hydrogen-bond donors (Lipinski definition) is 0. The van der Waals surface area contributed by atoms with E-state index >= 15 is 0 Å². The molecule has 2 aromatic rings. The lowest BCUT2D eigenvalue weighted by molar-refractivity contribution is 0.314. The summed E-state index contributed by atoms with van der Waals surface area (Å²) < 4.78 is 2.29. The fraction of sp³-hybridized carbons (Fsp3) is 0.600. The molecule has 1 saturated carbocycles. The smallest absolute Gasteiger partial charge is 0.160 e. The number of halogens is 1. The van der Waals surface area contributed by atoms with Gasteiger partial charge in [0.2, 0.25) is 0 Å². The Bertz CT molecular complexity index is 647. The molecule has 20 heavy (non-hydrogen) atoms. The van der Waals surface area contributed by atoms with Gasteiger partial charge in [0.1, 0.15) is 11.3 Å². The number of nitrogens with zero attached hydrogens (tertiary/aromatic N) is 4. The van der Waals surface area contributed by atoms with Crippen LogP contribution in [0.4, 0.5) is 0 Å². The van der Waals surface area contributed by atoms with Crippen molar-refractivity contribution >= 4 is 22.8 Å². The third kappa shape index (κ3) is 2.02. The van der Waals surface area contributed by atoms with Crippen molar-refractivity contribution < 1.29 is 0 Å². The predicted octanol–water partition coefficient (Wildman–Crippen LogP) is 2.89. The van der Waals surface area contributed by atoms with Gasteiger partial charge in [-0.1, -0.05) is 0 Å². The van der Waals surface area contributed by atoms with Crippen LogP contribution >= 0.6 is 11.6 Å². The highest BCUT2D eigenvalue weighted by Crippen LogP contribution is 2.35. The summed E-state index contributed by atoms with van der Waals surface area (Å²) in [7, 11) is 0. The number of fused-ring (bicyclic) bond motifs is 1. The van der Waals surface area contributed by atoms with Crippen molar-refractivity contribution in [2.24, 2.45) is 0 Å². The van der Waals surface area contributed by atoms with Gasteiger partial charge in [-0.2, -0.15) is 0 Å². The highest BCUT2D eigenvalue weighted by molar-refractivity contribution is 6.16. The van der Waals surface area contributed by atoms with Crippen molar-refractivity contribution in [2.75, 3.05) is 13.1 Å². The van der Waals surface area contributed by atoms with Crippen LogP contribution in [-0.4, -0.2) is 38.6 Å². The minimum absolute atomic E-state index is 0.454. The molecule has 5 heteroatoms. The van der Waals surface area contributed by atoms with Crippen molar-refractivity contribution in [3.8, 4) is 0 Å². The maximum absolute atomic E-state index is 6.11. The summed E-state index contributed by atoms with van der Waals surface area (Å²) >= 11 is 6.11. The third-order valence-electron chi connectivity index (χ3n) is 4.49. The van der Waals surface area contributed by atoms with Crippen LogP contribution in [0.1, 0.15) is 36.8 Å². The number of aromatic nitrogens is 3. The molecule has 0 N–H and O–H groups in total. The van der Waals surface area contributed by atoms with Gasteiger partial charge in [0, 0.05) is 24.8 Å². The number of pyridine rings is 1. The zero-order valence-electron chi connectivity index (χ0n) is 11.7. The first-order chi connectivity index (χ1) is 9.76. The number of rotatable bonds is 3. The fourth-order valence-electron chi connectivity index (χ4n) is 3.34. The molecular formula is C15H19ClN4. The minimum Gasteiger partial charge on any atom is -0.307 e. The molecule has 2 fully saturated rings. The normalized spacial score (nSPS) is 23.8. The van der Waals surface area contributed by atoms with Crippen LogP contribution in [0.25, 0.3) is 11.2 Å².